The number of benzene rings is 1. The van der Waals surface area contributed by atoms with Crippen LogP contribution in [0.1, 0.15) is 49.2 Å². The van der Waals surface area contributed by atoms with Gasteiger partial charge < -0.3 is 9.47 Å². The number of nitrogens with one attached hydrogen (secondary N) is 1. The second kappa shape index (κ2) is 7.71. The molecule has 0 amide bonds. The zero-order chi connectivity index (χ0) is 21.7. The fourth-order valence-electron chi connectivity index (χ4n) is 5.15. The molecule has 2 aromatic heterocycles. The Kier molecular flexibility index (Phi) is 5.01. The molecule has 4 heterocycles. The van der Waals surface area contributed by atoms with Gasteiger partial charge in [0.25, 0.3) is 5.56 Å². The monoisotopic (exact) mass is 422 g/mol. The Morgan fingerprint density at radius 3 is 2.68 bits per heavy atom. The number of aryl methyl sites for hydroxylation is 1. The lowest BCUT2D eigenvalue weighted by molar-refractivity contribution is 0.186. The van der Waals surface area contributed by atoms with E-state index in [0.717, 1.165) is 66.3 Å². The highest BCUT2D eigenvalue weighted by molar-refractivity contribution is 5.44. The van der Waals surface area contributed by atoms with Gasteiger partial charge in [-0.3, -0.25) is 14.8 Å². The Morgan fingerprint density at radius 2 is 1.94 bits per heavy atom. The number of nitrogens with zero attached hydrogens (tertiary/aromatic N) is 3. The first-order chi connectivity index (χ1) is 14.9. The van der Waals surface area contributed by atoms with E-state index in [1.807, 2.05) is 32.9 Å². The third kappa shape index (κ3) is 3.61. The molecule has 2 atom stereocenters. The molecule has 0 aliphatic carbocycles. The molecule has 7 nitrogen and oxygen atoms in total. The fraction of sp³-hybridized carbons (Fsp3) is 0.500. The number of hydrogen-bond acceptors (Lipinski definition) is 5. The highest BCUT2D eigenvalue weighted by Gasteiger charge is 2.38. The second-order valence-corrected chi connectivity index (χ2v) is 9.09. The molecule has 0 unspecified atom stereocenters. The van der Waals surface area contributed by atoms with E-state index in [4.69, 9.17) is 14.5 Å². The normalized spacial score (nSPS) is 20.8. The molecule has 0 spiro atoms. The lowest BCUT2D eigenvalue weighted by atomic mass is 9.98. The molecule has 1 N–H and O–H groups in total. The largest absolute Gasteiger partial charge is 0.493 e. The number of aromatic amines is 1. The first-order valence-corrected chi connectivity index (χ1v) is 11.1. The summed E-state index contributed by atoms with van der Waals surface area (Å²) in [6, 6.07) is 8.89. The molecule has 0 saturated carbocycles. The molecule has 0 radical (unpaired) electrons. The maximum atomic E-state index is 13.1. The average Bonchev–Trinajstić information content (AvgIpc) is 3.22. The minimum absolute atomic E-state index is 0.0534. The highest BCUT2D eigenvalue weighted by Crippen LogP contribution is 2.36. The van der Waals surface area contributed by atoms with Crippen molar-refractivity contribution >= 4 is 5.65 Å². The SMILES string of the molecule is COc1ccc(CN2[C@@H]3CC[C@H]2Cc2nc4cc(C)[nH]n4c(=O)c2C3)cc1OC(C)C. The van der Waals surface area contributed by atoms with Gasteiger partial charge in [-0.15, -0.1) is 0 Å². The predicted molar refractivity (Wildman–Crippen MR) is 119 cm³/mol. The third-order valence-corrected chi connectivity index (χ3v) is 6.52. The summed E-state index contributed by atoms with van der Waals surface area (Å²) in [7, 11) is 1.67. The smallest absolute Gasteiger partial charge is 0.276 e. The van der Waals surface area contributed by atoms with Crippen LogP contribution in [0.25, 0.3) is 5.65 Å². The number of H-pyrrole nitrogens is 1. The number of hydrogen-bond donors (Lipinski definition) is 1. The summed E-state index contributed by atoms with van der Waals surface area (Å²) in [4.78, 5) is 20.6. The van der Waals surface area contributed by atoms with Crippen LogP contribution in [0.3, 0.4) is 0 Å². The van der Waals surface area contributed by atoms with E-state index in [-0.39, 0.29) is 11.7 Å². The van der Waals surface area contributed by atoms with Gasteiger partial charge in [0.15, 0.2) is 17.1 Å². The Labute approximate surface area is 182 Å². The molecule has 7 heteroatoms. The van der Waals surface area contributed by atoms with Crippen molar-refractivity contribution in [3.8, 4) is 11.5 Å². The van der Waals surface area contributed by atoms with Crippen molar-refractivity contribution in [2.45, 2.75) is 71.2 Å². The summed E-state index contributed by atoms with van der Waals surface area (Å²) in [6.07, 6.45) is 3.92. The number of rotatable bonds is 5. The fourth-order valence-corrected chi connectivity index (χ4v) is 5.15. The van der Waals surface area contributed by atoms with Crippen molar-refractivity contribution in [1.29, 1.82) is 0 Å². The molecule has 5 rings (SSSR count). The minimum Gasteiger partial charge on any atom is -0.493 e. The van der Waals surface area contributed by atoms with Crippen molar-refractivity contribution in [3.63, 3.8) is 0 Å². The Hall–Kier alpha value is -2.80. The Morgan fingerprint density at radius 1 is 1.16 bits per heavy atom. The summed E-state index contributed by atoms with van der Waals surface area (Å²) in [5.41, 5.74) is 4.77. The maximum absolute atomic E-state index is 13.1. The topological polar surface area (TPSA) is 71.9 Å². The van der Waals surface area contributed by atoms with Crippen molar-refractivity contribution < 1.29 is 9.47 Å². The van der Waals surface area contributed by atoms with Crippen LogP contribution < -0.4 is 15.0 Å². The van der Waals surface area contributed by atoms with Gasteiger partial charge in [0, 0.05) is 42.4 Å². The molecule has 1 aromatic carbocycles. The highest BCUT2D eigenvalue weighted by atomic mass is 16.5. The van der Waals surface area contributed by atoms with E-state index < -0.39 is 0 Å². The van der Waals surface area contributed by atoms with E-state index in [2.05, 4.69) is 22.1 Å². The Bertz CT molecular complexity index is 1180. The number of methoxy groups -OCH3 is 1. The summed E-state index contributed by atoms with van der Waals surface area (Å²) in [6.45, 7) is 6.83. The van der Waals surface area contributed by atoms with Gasteiger partial charge >= 0.3 is 0 Å². The van der Waals surface area contributed by atoms with Gasteiger partial charge in [-0.05, 0) is 57.7 Å². The molecule has 3 aromatic rings. The van der Waals surface area contributed by atoms with Gasteiger partial charge in [0.1, 0.15) is 0 Å². The van der Waals surface area contributed by atoms with E-state index in [1.165, 1.54) is 5.56 Å². The van der Waals surface area contributed by atoms with E-state index >= 15 is 0 Å². The van der Waals surface area contributed by atoms with Crippen LogP contribution in [0.15, 0.2) is 29.1 Å². The van der Waals surface area contributed by atoms with Gasteiger partial charge in [-0.25, -0.2) is 9.50 Å². The van der Waals surface area contributed by atoms with Crippen LogP contribution in [-0.2, 0) is 19.4 Å². The zero-order valence-electron chi connectivity index (χ0n) is 18.6. The molecule has 1 saturated heterocycles. The molecule has 2 bridgehead atoms. The first kappa shape index (κ1) is 20.1. The maximum Gasteiger partial charge on any atom is 0.276 e. The lowest BCUT2D eigenvalue weighted by Crippen LogP contribution is -2.36. The van der Waals surface area contributed by atoms with Gasteiger partial charge in [0.05, 0.1) is 18.9 Å². The average molecular weight is 423 g/mol. The second-order valence-electron chi connectivity index (χ2n) is 9.09. The molecule has 31 heavy (non-hydrogen) atoms. The quantitative estimate of drug-likeness (QED) is 0.683. The van der Waals surface area contributed by atoms with E-state index in [1.54, 1.807) is 11.6 Å². The lowest BCUT2D eigenvalue weighted by Gasteiger charge is -2.28. The molecule has 2 aliphatic heterocycles. The number of ether oxygens (including phenoxy) is 2. The molecule has 1 fully saturated rings. The van der Waals surface area contributed by atoms with Gasteiger partial charge in [0.2, 0.25) is 0 Å². The van der Waals surface area contributed by atoms with Crippen molar-refractivity contribution in [1.82, 2.24) is 19.5 Å². The van der Waals surface area contributed by atoms with E-state index in [9.17, 15) is 4.79 Å². The zero-order valence-corrected chi connectivity index (χ0v) is 18.6. The third-order valence-electron chi connectivity index (χ3n) is 6.52. The molecular formula is C24H30N4O3. The number of fused-ring (bicyclic) bond motifs is 4. The van der Waals surface area contributed by atoms with Crippen LogP contribution in [0.5, 0.6) is 11.5 Å². The summed E-state index contributed by atoms with van der Waals surface area (Å²) < 4.78 is 13.0. The van der Waals surface area contributed by atoms with Crippen molar-refractivity contribution in [3.05, 3.63) is 57.1 Å². The van der Waals surface area contributed by atoms with Crippen LogP contribution in [0.2, 0.25) is 0 Å². The van der Waals surface area contributed by atoms with E-state index in [0.29, 0.717) is 12.1 Å². The Balaban J connectivity index is 1.45. The molecule has 2 aliphatic rings. The number of aromatic nitrogens is 3. The summed E-state index contributed by atoms with van der Waals surface area (Å²) in [5, 5.41) is 3.13. The van der Waals surface area contributed by atoms with Crippen LogP contribution in [-0.4, -0.2) is 44.8 Å². The van der Waals surface area contributed by atoms with Crippen LogP contribution >= 0.6 is 0 Å². The summed E-state index contributed by atoms with van der Waals surface area (Å²) in [5.74, 6) is 1.54. The first-order valence-electron chi connectivity index (χ1n) is 11.1. The predicted octanol–water partition coefficient (Wildman–Crippen LogP) is 3.26. The van der Waals surface area contributed by atoms with Gasteiger partial charge in [-0.1, -0.05) is 6.07 Å². The van der Waals surface area contributed by atoms with Gasteiger partial charge in [-0.2, -0.15) is 0 Å². The molecular weight excluding hydrogens is 392 g/mol. The van der Waals surface area contributed by atoms with Crippen LogP contribution in [0, 0.1) is 6.92 Å². The van der Waals surface area contributed by atoms with Crippen LogP contribution in [0.4, 0.5) is 0 Å². The minimum atomic E-state index is 0.0534. The molecule has 164 valence electrons. The summed E-state index contributed by atoms with van der Waals surface area (Å²) >= 11 is 0. The van der Waals surface area contributed by atoms with Crippen molar-refractivity contribution in [2.75, 3.05) is 7.11 Å². The standard InChI is InChI=1S/C24H30N4O3/c1-14(2)31-22-10-16(5-8-21(22)30-4)13-27-17-6-7-18(27)12-20-19(11-17)24(29)28-23(25-20)9-15(3)26-28/h5,8-10,14,17-18,26H,6-7,11-13H2,1-4H3/t17-,18+/m1/s1. The van der Waals surface area contributed by atoms with Crippen molar-refractivity contribution in [2.24, 2.45) is 0 Å².